The van der Waals surface area contributed by atoms with Crippen LogP contribution in [-0.4, -0.2) is 41.8 Å². The van der Waals surface area contributed by atoms with E-state index in [1.807, 2.05) is 36.4 Å². The van der Waals surface area contributed by atoms with Gasteiger partial charge in [0, 0.05) is 67.9 Å². The third-order valence-corrected chi connectivity index (χ3v) is 12.3. The molecule has 0 saturated heterocycles. The molecule has 0 bridgehead atoms. The van der Waals surface area contributed by atoms with Gasteiger partial charge in [0.1, 0.15) is 6.04 Å². The topological polar surface area (TPSA) is 105 Å². The second kappa shape index (κ2) is 13.1. The van der Waals surface area contributed by atoms with Gasteiger partial charge in [0.25, 0.3) is 11.8 Å². The molecule has 0 saturated carbocycles. The Balaban J connectivity index is 1.47. The molecule has 0 aromatic heterocycles. The van der Waals surface area contributed by atoms with Crippen LogP contribution in [0.1, 0.15) is 107 Å². The molecule has 278 valence electrons. The molecule has 0 radical (unpaired) electrons. The molecule has 54 heavy (non-hydrogen) atoms. The molecule has 8 nitrogen and oxygen atoms in total. The Morgan fingerprint density at radius 2 is 1.30 bits per heavy atom. The molecule has 4 aromatic rings. The van der Waals surface area contributed by atoms with Crippen LogP contribution in [0.25, 0.3) is 11.1 Å². The summed E-state index contributed by atoms with van der Waals surface area (Å²) >= 11 is 0. The molecular weight excluding hydrogens is 673 g/mol. The first kappa shape index (κ1) is 36.8. The molecule has 7 rings (SSSR count). The molecule has 2 atom stereocenters. The average molecular weight is 723 g/mol. The number of amides is 2. The molecular formula is C46H50N4O4. The van der Waals surface area contributed by atoms with Crippen LogP contribution in [0.15, 0.2) is 90.7 Å². The highest BCUT2D eigenvalue weighted by molar-refractivity contribution is 6.52. The normalized spacial score (nSPS) is 20.6. The lowest BCUT2D eigenvalue weighted by molar-refractivity contribution is -0.292. The number of Topliss-reactive ketones (excluding diaryl/α,β-unsaturated/α-hetero) is 1. The summed E-state index contributed by atoms with van der Waals surface area (Å²) in [5, 5.41) is 22.1. The minimum absolute atomic E-state index is 0.0277. The van der Waals surface area contributed by atoms with Crippen LogP contribution in [0, 0.1) is 0 Å². The van der Waals surface area contributed by atoms with E-state index >= 15 is 0 Å². The summed E-state index contributed by atoms with van der Waals surface area (Å²) < 4.78 is 2.33. The summed E-state index contributed by atoms with van der Waals surface area (Å²) in [5.74, 6) is -1.51. The maximum absolute atomic E-state index is 14.6. The first-order valence-electron chi connectivity index (χ1n) is 19.0. The Labute approximate surface area is 317 Å². The summed E-state index contributed by atoms with van der Waals surface area (Å²) in [6.45, 7) is 21.6. The molecule has 0 spiro atoms. The molecule has 1 aliphatic carbocycles. The van der Waals surface area contributed by atoms with Crippen molar-refractivity contribution in [2.24, 2.45) is 0 Å². The smallest absolute Gasteiger partial charge is 0.255 e. The fourth-order valence-corrected chi connectivity index (χ4v) is 8.72. The van der Waals surface area contributed by atoms with Crippen molar-refractivity contribution in [3.8, 4) is 0 Å². The van der Waals surface area contributed by atoms with Gasteiger partial charge in [-0.15, -0.1) is 0 Å². The highest BCUT2D eigenvalue weighted by Crippen LogP contribution is 2.50. The minimum atomic E-state index is -0.417. The third-order valence-electron chi connectivity index (χ3n) is 12.3. The second-order valence-corrected chi connectivity index (χ2v) is 16.7. The van der Waals surface area contributed by atoms with Crippen molar-refractivity contribution in [2.75, 3.05) is 15.5 Å². The van der Waals surface area contributed by atoms with Gasteiger partial charge in [-0.05, 0) is 103 Å². The first-order chi connectivity index (χ1) is 25.5. The van der Waals surface area contributed by atoms with Crippen molar-refractivity contribution in [1.29, 1.82) is 0 Å². The molecule has 2 amide bonds. The van der Waals surface area contributed by atoms with E-state index < -0.39 is 11.5 Å². The van der Waals surface area contributed by atoms with E-state index in [1.54, 1.807) is 48.5 Å². The summed E-state index contributed by atoms with van der Waals surface area (Å²) in [5.41, 5.74) is 4.57. The highest BCUT2D eigenvalue weighted by Gasteiger charge is 2.47. The van der Waals surface area contributed by atoms with Crippen molar-refractivity contribution in [3.05, 3.63) is 129 Å². The van der Waals surface area contributed by atoms with Gasteiger partial charge in [-0.25, -0.2) is 4.58 Å². The number of carbonyl (C=O) groups is 3. The van der Waals surface area contributed by atoms with Gasteiger partial charge in [-0.3, -0.25) is 14.4 Å². The monoisotopic (exact) mass is 722 g/mol. The van der Waals surface area contributed by atoms with E-state index in [1.165, 1.54) is 0 Å². The predicted octanol–water partition coefficient (Wildman–Crippen LogP) is 6.17. The molecule has 2 unspecified atom stereocenters. The minimum Gasteiger partial charge on any atom is -0.871 e. The maximum atomic E-state index is 14.6. The standard InChI is InChI=1S/C46H50N4O4/c1-25(2)49-27(5)45(7,8)33-21-31(35(23-37(33)49)47-43(53)29-17-13-11-14-18-29)39-41(51)40(42(39)52)32-22-34-38(50(26(3)4)28(6)46(34,9)10)24-36(32)48-44(54)30-19-15-12-16-20-30/h11-28H,1-10H3,(H2,47,48,51,52,53,54). The predicted molar refractivity (Wildman–Crippen MR) is 215 cm³/mol. The Morgan fingerprint density at radius 3 is 1.81 bits per heavy atom. The maximum Gasteiger partial charge on any atom is 0.255 e. The molecule has 4 aromatic carbocycles. The van der Waals surface area contributed by atoms with E-state index in [-0.39, 0.29) is 58.0 Å². The lowest BCUT2D eigenvalue weighted by Gasteiger charge is -2.34. The molecule has 0 fully saturated rings. The number of ketones is 1. The van der Waals surface area contributed by atoms with Crippen LogP contribution in [0.4, 0.5) is 17.1 Å². The fraction of sp³-hybridized carbons (Fsp3) is 0.348. The van der Waals surface area contributed by atoms with Crippen molar-refractivity contribution < 1.29 is 19.5 Å². The lowest BCUT2D eigenvalue weighted by atomic mass is 9.76. The van der Waals surface area contributed by atoms with Crippen LogP contribution in [0.3, 0.4) is 0 Å². The van der Waals surface area contributed by atoms with Crippen molar-refractivity contribution in [1.82, 2.24) is 4.58 Å². The highest BCUT2D eigenvalue weighted by atomic mass is 16.3. The largest absolute Gasteiger partial charge is 0.871 e. The van der Waals surface area contributed by atoms with E-state index in [9.17, 15) is 19.5 Å². The number of allylic oxidation sites excluding steroid dienone is 2. The zero-order chi connectivity index (χ0) is 39.0. The summed E-state index contributed by atoms with van der Waals surface area (Å²) in [4.78, 5) is 44.2. The number of nitrogens with one attached hydrogen (secondary N) is 2. The summed E-state index contributed by atoms with van der Waals surface area (Å²) in [7, 11) is 0. The Bertz CT molecular complexity index is 2390. The average Bonchev–Trinajstić information content (AvgIpc) is 3.45. The first-order valence-corrected chi connectivity index (χ1v) is 19.0. The number of fused-ring (bicyclic) bond motifs is 2. The van der Waals surface area contributed by atoms with E-state index in [0.29, 0.717) is 33.3 Å². The van der Waals surface area contributed by atoms with E-state index in [4.69, 9.17) is 0 Å². The number of rotatable bonds is 7. The van der Waals surface area contributed by atoms with Crippen molar-refractivity contribution >= 4 is 45.8 Å². The Hall–Kier alpha value is -5.50. The van der Waals surface area contributed by atoms with E-state index in [0.717, 1.165) is 22.2 Å². The number of benzene rings is 4. The zero-order valence-corrected chi connectivity index (χ0v) is 32.9. The Morgan fingerprint density at radius 1 is 0.741 bits per heavy atom. The van der Waals surface area contributed by atoms with Crippen LogP contribution in [0.2, 0.25) is 0 Å². The summed E-state index contributed by atoms with van der Waals surface area (Å²) in [6, 6.07) is 26.1. The number of hydrogen-bond acceptors (Lipinski definition) is 5. The van der Waals surface area contributed by atoms with Gasteiger partial charge in [0.2, 0.25) is 5.36 Å². The van der Waals surface area contributed by atoms with Gasteiger partial charge >= 0.3 is 0 Å². The molecule has 2 aliphatic heterocycles. The van der Waals surface area contributed by atoms with Gasteiger partial charge in [-0.2, -0.15) is 0 Å². The number of carbonyl (C=O) groups excluding carboxylic acids is 3. The lowest BCUT2D eigenvalue weighted by Crippen LogP contribution is -2.42. The molecule has 2 heterocycles. The van der Waals surface area contributed by atoms with Gasteiger partial charge in [-0.1, -0.05) is 56.0 Å². The van der Waals surface area contributed by atoms with Crippen LogP contribution >= 0.6 is 0 Å². The van der Waals surface area contributed by atoms with Crippen molar-refractivity contribution in [3.63, 3.8) is 0 Å². The van der Waals surface area contributed by atoms with Gasteiger partial charge in [0.05, 0.1) is 16.8 Å². The van der Waals surface area contributed by atoms with Crippen molar-refractivity contribution in [2.45, 2.75) is 104 Å². The van der Waals surface area contributed by atoms with E-state index in [2.05, 4.69) is 89.3 Å². The zero-order valence-electron chi connectivity index (χ0n) is 32.9. The van der Waals surface area contributed by atoms with Crippen LogP contribution in [0.5, 0.6) is 0 Å². The number of anilines is 3. The van der Waals surface area contributed by atoms with Gasteiger partial charge in [0.15, 0.2) is 11.8 Å². The SMILES string of the molecule is CC(C)N1c2cc(NC(=O)c3ccccc3)c(C3=C([O-])/C(=c4/cc5c(cc4NC(=O)c4ccccc4)=[N+](C(C)C)C(C)C5(C)C)C3=O)cc2C(C)(C)C1C. The number of hydrogen-bond donors (Lipinski definition) is 2. The molecule has 8 heteroatoms. The Kier molecular flexibility index (Phi) is 8.95. The summed E-state index contributed by atoms with van der Waals surface area (Å²) in [6.07, 6.45) is 0. The van der Waals surface area contributed by atoms with Crippen LogP contribution < -0.4 is 35.8 Å². The van der Waals surface area contributed by atoms with Crippen LogP contribution in [-0.2, 0) is 15.6 Å². The van der Waals surface area contributed by atoms with Gasteiger partial charge < -0.3 is 20.6 Å². The second-order valence-electron chi connectivity index (χ2n) is 16.7. The molecule has 2 N–H and O–H groups in total. The fourth-order valence-electron chi connectivity index (χ4n) is 8.72. The third kappa shape index (κ3) is 5.65. The molecule has 3 aliphatic rings. The quantitative estimate of drug-likeness (QED) is 0.222. The number of nitrogens with zero attached hydrogens (tertiary/aromatic N) is 2.